The molecule has 14 heavy (non-hydrogen) atoms. The number of hydrogen-bond acceptors (Lipinski definition) is 2. The zero-order valence-electron chi connectivity index (χ0n) is 8.08. The molecule has 0 aromatic heterocycles. The standard InChI is InChI=1S/C11H15BrOS/c12-11-5-3-10(4-6-11)9-13-7-1-2-8-14/h3-6,14H,1-2,7-9H2. The second-order valence-corrected chi connectivity index (χ2v) is 4.47. The summed E-state index contributed by atoms with van der Waals surface area (Å²) in [4.78, 5) is 0. The molecule has 0 radical (unpaired) electrons. The van der Waals surface area contributed by atoms with Gasteiger partial charge in [0.1, 0.15) is 0 Å². The van der Waals surface area contributed by atoms with Gasteiger partial charge in [-0.3, -0.25) is 0 Å². The van der Waals surface area contributed by atoms with E-state index < -0.39 is 0 Å². The first-order valence-corrected chi connectivity index (χ1v) is 6.18. The average Bonchev–Trinajstić information content (AvgIpc) is 2.21. The Morgan fingerprint density at radius 2 is 1.86 bits per heavy atom. The largest absolute Gasteiger partial charge is 0.377 e. The summed E-state index contributed by atoms with van der Waals surface area (Å²) in [5.41, 5.74) is 1.22. The van der Waals surface area contributed by atoms with Crippen molar-refractivity contribution in [3.63, 3.8) is 0 Å². The molecule has 0 fully saturated rings. The fourth-order valence-corrected chi connectivity index (χ4v) is 1.57. The average molecular weight is 275 g/mol. The fraction of sp³-hybridized carbons (Fsp3) is 0.455. The Labute approximate surface area is 99.4 Å². The van der Waals surface area contributed by atoms with Gasteiger partial charge in [-0.05, 0) is 36.3 Å². The lowest BCUT2D eigenvalue weighted by Crippen LogP contribution is -1.95. The molecule has 0 atom stereocenters. The van der Waals surface area contributed by atoms with Crippen LogP contribution in [-0.2, 0) is 11.3 Å². The predicted molar refractivity (Wildman–Crippen MR) is 66.9 cm³/mol. The third-order valence-electron chi connectivity index (χ3n) is 1.88. The molecule has 0 spiro atoms. The number of rotatable bonds is 6. The Hall–Kier alpha value is 0.01000. The first-order valence-electron chi connectivity index (χ1n) is 4.76. The van der Waals surface area contributed by atoms with Gasteiger partial charge in [0.25, 0.3) is 0 Å². The van der Waals surface area contributed by atoms with Crippen LogP contribution in [0.3, 0.4) is 0 Å². The summed E-state index contributed by atoms with van der Waals surface area (Å²) in [6, 6.07) is 8.21. The summed E-state index contributed by atoms with van der Waals surface area (Å²) in [7, 11) is 0. The van der Waals surface area contributed by atoms with Gasteiger partial charge in [0.05, 0.1) is 6.61 Å². The van der Waals surface area contributed by atoms with Gasteiger partial charge in [-0.25, -0.2) is 0 Å². The van der Waals surface area contributed by atoms with Crippen LogP contribution in [0.25, 0.3) is 0 Å². The van der Waals surface area contributed by atoms with Crippen LogP contribution in [0.15, 0.2) is 28.7 Å². The van der Waals surface area contributed by atoms with Gasteiger partial charge in [0, 0.05) is 11.1 Å². The van der Waals surface area contributed by atoms with Crippen LogP contribution in [0.5, 0.6) is 0 Å². The Bertz CT molecular complexity index is 248. The molecule has 1 aromatic rings. The Balaban J connectivity index is 2.15. The van der Waals surface area contributed by atoms with E-state index in [0.717, 1.165) is 29.7 Å². The van der Waals surface area contributed by atoms with Crippen molar-refractivity contribution in [2.75, 3.05) is 12.4 Å². The molecule has 0 bridgehead atoms. The smallest absolute Gasteiger partial charge is 0.0716 e. The van der Waals surface area contributed by atoms with Gasteiger partial charge in [0.2, 0.25) is 0 Å². The molecule has 3 heteroatoms. The third-order valence-corrected chi connectivity index (χ3v) is 2.72. The number of halogens is 1. The summed E-state index contributed by atoms with van der Waals surface area (Å²) in [5.74, 6) is 0.946. The normalized spacial score (nSPS) is 10.4. The zero-order chi connectivity index (χ0) is 10.2. The molecule has 78 valence electrons. The molecule has 1 rings (SSSR count). The van der Waals surface area contributed by atoms with Gasteiger partial charge < -0.3 is 4.74 Å². The lowest BCUT2D eigenvalue weighted by Gasteiger charge is -2.03. The van der Waals surface area contributed by atoms with E-state index in [4.69, 9.17) is 4.74 Å². The molecule has 0 aliphatic carbocycles. The quantitative estimate of drug-likeness (QED) is 0.615. The third kappa shape index (κ3) is 5.03. The highest BCUT2D eigenvalue weighted by Gasteiger charge is 1.93. The minimum Gasteiger partial charge on any atom is -0.377 e. The minimum absolute atomic E-state index is 0.708. The highest BCUT2D eigenvalue weighted by molar-refractivity contribution is 9.10. The summed E-state index contributed by atoms with van der Waals surface area (Å²) in [5, 5.41) is 0. The van der Waals surface area contributed by atoms with Gasteiger partial charge in [-0.2, -0.15) is 12.6 Å². The number of thiol groups is 1. The monoisotopic (exact) mass is 274 g/mol. The molecule has 0 heterocycles. The van der Waals surface area contributed by atoms with E-state index in [1.807, 2.05) is 12.1 Å². The highest BCUT2D eigenvalue weighted by atomic mass is 79.9. The lowest BCUT2D eigenvalue weighted by molar-refractivity contribution is 0.118. The number of ether oxygens (including phenoxy) is 1. The first kappa shape index (κ1) is 12.1. The molecule has 0 N–H and O–H groups in total. The van der Waals surface area contributed by atoms with E-state index >= 15 is 0 Å². The Morgan fingerprint density at radius 3 is 2.50 bits per heavy atom. The molecule has 1 aromatic carbocycles. The molecule has 0 saturated heterocycles. The van der Waals surface area contributed by atoms with Crippen molar-refractivity contribution < 1.29 is 4.74 Å². The van der Waals surface area contributed by atoms with E-state index in [-0.39, 0.29) is 0 Å². The maximum Gasteiger partial charge on any atom is 0.0716 e. The zero-order valence-corrected chi connectivity index (χ0v) is 10.6. The summed E-state index contributed by atoms with van der Waals surface area (Å²) in [6.45, 7) is 1.54. The maximum atomic E-state index is 5.51. The number of hydrogen-bond donors (Lipinski definition) is 1. The summed E-state index contributed by atoms with van der Waals surface area (Å²) >= 11 is 7.54. The molecule has 0 saturated carbocycles. The molecule has 0 unspecified atom stereocenters. The molecule has 0 aliphatic rings. The topological polar surface area (TPSA) is 9.23 Å². The lowest BCUT2D eigenvalue weighted by atomic mass is 10.2. The van der Waals surface area contributed by atoms with Gasteiger partial charge in [-0.15, -0.1) is 0 Å². The van der Waals surface area contributed by atoms with Crippen LogP contribution in [0.1, 0.15) is 18.4 Å². The second kappa shape index (κ2) is 7.32. The van der Waals surface area contributed by atoms with E-state index in [2.05, 4.69) is 40.7 Å². The van der Waals surface area contributed by atoms with Crippen molar-refractivity contribution in [1.82, 2.24) is 0 Å². The van der Waals surface area contributed by atoms with Crippen LogP contribution in [0.4, 0.5) is 0 Å². The summed E-state index contributed by atoms with van der Waals surface area (Å²) in [6.07, 6.45) is 2.23. The summed E-state index contributed by atoms with van der Waals surface area (Å²) < 4.78 is 6.62. The minimum atomic E-state index is 0.708. The van der Waals surface area contributed by atoms with Crippen molar-refractivity contribution in [1.29, 1.82) is 0 Å². The van der Waals surface area contributed by atoms with Crippen LogP contribution >= 0.6 is 28.6 Å². The molecule has 1 nitrogen and oxygen atoms in total. The van der Waals surface area contributed by atoms with Crippen LogP contribution < -0.4 is 0 Å². The molecule has 0 amide bonds. The van der Waals surface area contributed by atoms with Crippen LogP contribution in [0.2, 0.25) is 0 Å². The van der Waals surface area contributed by atoms with Crippen LogP contribution in [0, 0.1) is 0 Å². The SMILES string of the molecule is SCCCCOCc1ccc(Br)cc1. The number of benzene rings is 1. The van der Waals surface area contributed by atoms with E-state index in [1.165, 1.54) is 5.56 Å². The van der Waals surface area contributed by atoms with Crippen molar-refractivity contribution in [3.05, 3.63) is 34.3 Å². The van der Waals surface area contributed by atoms with E-state index in [1.54, 1.807) is 0 Å². The molecule has 0 aliphatic heterocycles. The predicted octanol–water partition coefficient (Wildman–Crippen LogP) is 3.68. The highest BCUT2D eigenvalue weighted by Crippen LogP contribution is 2.11. The Kier molecular flexibility index (Phi) is 6.32. The maximum absolute atomic E-state index is 5.51. The van der Waals surface area contributed by atoms with Crippen molar-refractivity contribution in [3.8, 4) is 0 Å². The van der Waals surface area contributed by atoms with E-state index in [9.17, 15) is 0 Å². The molecular formula is C11H15BrOS. The van der Waals surface area contributed by atoms with Gasteiger partial charge >= 0.3 is 0 Å². The Morgan fingerprint density at radius 1 is 1.14 bits per heavy atom. The van der Waals surface area contributed by atoms with Crippen molar-refractivity contribution in [2.45, 2.75) is 19.4 Å². The van der Waals surface area contributed by atoms with E-state index in [0.29, 0.717) is 6.61 Å². The van der Waals surface area contributed by atoms with Crippen molar-refractivity contribution >= 4 is 28.6 Å². The fourth-order valence-electron chi connectivity index (χ4n) is 1.09. The number of unbranched alkanes of at least 4 members (excludes halogenated alkanes) is 1. The second-order valence-electron chi connectivity index (χ2n) is 3.11. The van der Waals surface area contributed by atoms with Gasteiger partial charge in [-0.1, -0.05) is 28.1 Å². The molecular weight excluding hydrogens is 260 g/mol. The van der Waals surface area contributed by atoms with Gasteiger partial charge in [0.15, 0.2) is 0 Å². The first-order chi connectivity index (χ1) is 6.83. The van der Waals surface area contributed by atoms with Crippen LogP contribution in [-0.4, -0.2) is 12.4 Å². The van der Waals surface area contributed by atoms with Crippen molar-refractivity contribution in [2.24, 2.45) is 0 Å².